The molecule has 2 atom stereocenters. The highest BCUT2D eigenvalue weighted by atomic mass is 16.5. The van der Waals surface area contributed by atoms with Crippen molar-refractivity contribution in [1.82, 2.24) is 4.90 Å². The van der Waals surface area contributed by atoms with E-state index >= 15 is 0 Å². The van der Waals surface area contributed by atoms with E-state index in [0.717, 1.165) is 37.1 Å². The first kappa shape index (κ1) is 15.3. The number of methoxy groups -OCH3 is 1. The summed E-state index contributed by atoms with van der Waals surface area (Å²) in [6, 6.07) is 16.3. The van der Waals surface area contributed by atoms with Gasteiger partial charge in [0.25, 0.3) is 5.91 Å². The molecular formula is C21H23NO2. The second-order valence-electron chi connectivity index (χ2n) is 7.26. The van der Waals surface area contributed by atoms with Gasteiger partial charge in [-0.3, -0.25) is 4.79 Å². The number of nitrogens with zero attached hydrogens (tertiary/aromatic N) is 1. The third-order valence-corrected chi connectivity index (χ3v) is 5.74. The van der Waals surface area contributed by atoms with Gasteiger partial charge in [-0.05, 0) is 60.1 Å². The van der Waals surface area contributed by atoms with Crippen LogP contribution >= 0.6 is 0 Å². The van der Waals surface area contributed by atoms with Crippen molar-refractivity contribution in [2.75, 3.05) is 13.7 Å². The van der Waals surface area contributed by atoms with Gasteiger partial charge in [0.1, 0.15) is 5.75 Å². The van der Waals surface area contributed by atoms with E-state index in [2.05, 4.69) is 24.0 Å². The monoisotopic (exact) mass is 321 g/mol. The fourth-order valence-electron chi connectivity index (χ4n) is 4.40. The van der Waals surface area contributed by atoms with Crippen LogP contribution in [0, 0.1) is 0 Å². The minimum Gasteiger partial charge on any atom is -0.497 e. The summed E-state index contributed by atoms with van der Waals surface area (Å²) >= 11 is 0. The van der Waals surface area contributed by atoms with E-state index in [1.54, 1.807) is 7.11 Å². The molecule has 3 heteroatoms. The quantitative estimate of drug-likeness (QED) is 0.842. The molecule has 2 aliphatic rings. The molecule has 1 saturated heterocycles. The molecule has 0 spiro atoms. The Morgan fingerprint density at radius 2 is 2.00 bits per heavy atom. The van der Waals surface area contributed by atoms with Crippen molar-refractivity contribution in [3.8, 4) is 5.75 Å². The molecule has 0 radical (unpaired) electrons. The van der Waals surface area contributed by atoms with Gasteiger partial charge in [0.2, 0.25) is 0 Å². The molecule has 2 aromatic rings. The molecule has 1 fully saturated rings. The zero-order valence-electron chi connectivity index (χ0n) is 14.3. The minimum absolute atomic E-state index is 0.139. The van der Waals surface area contributed by atoms with Crippen LogP contribution in [0.2, 0.25) is 0 Å². The molecular weight excluding hydrogens is 298 g/mol. The number of carbonyl (C=O) groups excluding carboxylic acids is 1. The van der Waals surface area contributed by atoms with E-state index in [0.29, 0.717) is 0 Å². The summed E-state index contributed by atoms with van der Waals surface area (Å²) in [5.41, 5.74) is 3.70. The molecule has 0 aromatic heterocycles. The molecule has 0 saturated carbocycles. The highest BCUT2D eigenvalue weighted by Gasteiger charge is 2.44. The maximum Gasteiger partial charge on any atom is 0.254 e. The predicted octanol–water partition coefficient (Wildman–Crippen LogP) is 3.81. The summed E-state index contributed by atoms with van der Waals surface area (Å²) < 4.78 is 5.42. The van der Waals surface area contributed by atoms with Crippen molar-refractivity contribution in [2.24, 2.45) is 0 Å². The molecule has 1 aliphatic carbocycles. The van der Waals surface area contributed by atoms with Crippen LogP contribution in [0.1, 0.15) is 41.3 Å². The topological polar surface area (TPSA) is 29.5 Å². The number of likely N-dealkylation sites (tertiary alicyclic amines) is 1. The standard InChI is InChI=1S/C21H23NO2/c1-21-10-11-22(20(23)15-6-4-3-5-7-15)17(14-21)12-16-8-9-18(24-2)13-19(16)21/h3-9,13,17H,10-12,14H2,1-2H3. The van der Waals surface area contributed by atoms with Crippen molar-refractivity contribution in [1.29, 1.82) is 0 Å². The van der Waals surface area contributed by atoms with Crippen LogP contribution in [0.4, 0.5) is 0 Å². The zero-order valence-corrected chi connectivity index (χ0v) is 14.3. The third kappa shape index (κ3) is 2.39. The largest absolute Gasteiger partial charge is 0.497 e. The lowest BCUT2D eigenvalue weighted by atomic mass is 9.65. The highest BCUT2D eigenvalue weighted by Crippen LogP contribution is 2.46. The first-order valence-corrected chi connectivity index (χ1v) is 8.64. The van der Waals surface area contributed by atoms with Gasteiger partial charge < -0.3 is 9.64 Å². The fraction of sp³-hybridized carbons (Fsp3) is 0.381. The van der Waals surface area contributed by atoms with Crippen molar-refractivity contribution >= 4 is 5.91 Å². The van der Waals surface area contributed by atoms with Crippen LogP contribution in [0.5, 0.6) is 5.75 Å². The van der Waals surface area contributed by atoms with E-state index < -0.39 is 0 Å². The van der Waals surface area contributed by atoms with E-state index in [1.165, 1.54) is 11.1 Å². The number of carbonyl (C=O) groups is 1. The van der Waals surface area contributed by atoms with Crippen molar-refractivity contribution in [3.05, 3.63) is 65.2 Å². The number of rotatable bonds is 2. The first-order valence-electron chi connectivity index (χ1n) is 8.64. The molecule has 1 aliphatic heterocycles. The number of amides is 1. The molecule has 2 aromatic carbocycles. The number of hydrogen-bond donors (Lipinski definition) is 0. The number of ether oxygens (including phenoxy) is 1. The maximum absolute atomic E-state index is 12.9. The summed E-state index contributed by atoms with van der Waals surface area (Å²) in [7, 11) is 1.72. The second-order valence-corrected chi connectivity index (χ2v) is 7.26. The van der Waals surface area contributed by atoms with E-state index in [1.807, 2.05) is 36.4 Å². The molecule has 0 N–H and O–H groups in total. The van der Waals surface area contributed by atoms with Crippen LogP contribution in [-0.2, 0) is 11.8 Å². The van der Waals surface area contributed by atoms with Gasteiger partial charge in [-0.2, -0.15) is 0 Å². The summed E-state index contributed by atoms with van der Waals surface area (Å²) in [5, 5.41) is 0. The fourth-order valence-corrected chi connectivity index (χ4v) is 4.40. The second kappa shape index (κ2) is 5.66. The summed E-state index contributed by atoms with van der Waals surface area (Å²) in [4.78, 5) is 15.0. The van der Waals surface area contributed by atoms with Crippen LogP contribution in [0.25, 0.3) is 0 Å². The Labute approximate surface area is 143 Å². The molecule has 2 bridgehead atoms. The Hall–Kier alpha value is -2.29. The summed E-state index contributed by atoms with van der Waals surface area (Å²) in [6.07, 6.45) is 2.97. The third-order valence-electron chi connectivity index (χ3n) is 5.74. The summed E-state index contributed by atoms with van der Waals surface area (Å²) in [6.45, 7) is 3.16. The van der Waals surface area contributed by atoms with E-state index in [4.69, 9.17) is 4.74 Å². The molecule has 1 heterocycles. The van der Waals surface area contributed by atoms with Gasteiger partial charge >= 0.3 is 0 Å². The lowest BCUT2D eigenvalue weighted by Gasteiger charge is -2.50. The van der Waals surface area contributed by atoms with Crippen LogP contribution in [0.15, 0.2) is 48.5 Å². The number of fused-ring (bicyclic) bond motifs is 4. The van der Waals surface area contributed by atoms with E-state index in [-0.39, 0.29) is 17.4 Å². The molecule has 24 heavy (non-hydrogen) atoms. The Morgan fingerprint density at radius 3 is 2.75 bits per heavy atom. The SMILES string of the molecule is COc1ccc2c(c1)C1(C)CCN(C(=O)c3ccccc3)C(C2)C1. The Bertz CT molecular complexity index is 771. The predicted molar refractivity (Wildman–Crippen MR) is 94.6 cm³/mol. The normalized spacial score (nSPS) is 25.1. The average molecular weight is 321 g/mol. The van der Waals surface area contributed by atoms with Gasteiger partial charge in [0.05, 0.1) is 7.11 Å². The van der Waals surface area contributed by atoms with Gasteiger partial charge in [0.15, 0.2) is 0 Å². The molecule has 2 unspecified atom stereocenters. The lowest BCUT2D eigenvalue weighted by Crippen LogP contribution is -2.54. The van der Waals surface area contributed by atoms with Crippen LogP contribution in [-0.4, -0.2) is 30.5 Å². The molecule has 3 nitrogen and oxygen atoms in total. The van der Waals surface area contributed by atoms with Crippen molar-refractivity contribution < 1.29 is 9.53 Å². The maximum atomic E-state index is 12.9. The summed E-state index contributed by atoms with van der Waals surface area (Å²) in [5.74, 6) is 1.09. The van der Waals surface area contributed by atoms with E-state index in [9.17, 15) is 4.79 Å². The zero-order chi connectivity index (χ0) is 16.7. The molecule has 1 amide bonds. The Morgan fingerprint density at radius 1 is 1.21 bits per heavy atom. The van der Waals surface area contributed by atoms with Gasteiger partial charge in [-0.25, -0.2) is 0 Å². The van der Waals surface area contributed by atoms with Crippen LogP contribution in [0.3, 0.4) is 0 Å². The van der Waals surface area contributed by atoms with Crippen molar-refractivity contribution in [3.63, 3.8) is 0 Å². The lowest BCUT2D eigenvalue weighted by molar-refractivity contribution is 0.0489. The van der Waals surface area contributed by atoms with Gasteiger partial charge in [-0.1, -0.05) is 31.2 Å². The average Bonchev–Trinajstić information content (AvgIpc) is 2.62. The Kier molecular flexibility index (Phi) is 3.60. The van der Waals surface area contributed by atoms with Crippen LogP contribution < -0.4 is 4.74 Å². The Balaban J connectivity index is 1.66. The number of hydrogen-bond acceptors (Lipinski definition) is 2. The highest BCUT2D eigenvalue weighted by molar-refractivity contribution is 5.94. The smallest absolute Gasteiger partial charge is 0.254 e. The molecule has 124 valence electrons. The minimum atomic E-state index is 0.139. The number of benzene rings is 2. The van der Waals surface area contributed by atoms with Crippen molar-refractivity contribution in [2.45, 2.75) is 37.6 Å². The number of piperidine rings is 1. The molecule has 4 rings (SSSR count). The van der Waals surface area contributed by atoms with Gasteiger partial charge in [0, 0.05) is 18.2 Å². The van der Waals surface area contributed by atoms with Gasteiger partial charge in [-0.15, -0.1) is 0 Å². The first-order chi connectivity index (χ1) is 11.6.